The zero-order valence-corrected chi connectivity index (χ0v) is 9.37. The maximum Gasteiger partial charge on any atom is -0.0250 e. The average molecular weight is 198 g/mol. The van der Waals surface area contributed by atoms with Crippen molar-refractivity contribution in [3.05, 3.63) is 53.6 Å². The zero-order valence-electron chi connectivity index (χ0n) is 9.37. The second-order valence-corrected chi connectivity index (χ2v) is 4.53. The quantitative estimate of drug-likeness (QED) is 0.625. The maximum atomic E-state index is 4.16. The number of benzene rings is 1. The first kappa shape index (κ1) is 10.2. The fraction of sp³-hybridized carbons (Fsp3) is 0.333. The summed E-state index contributed by atoms with van der Waals surface area (Å²) < 4.78 is 0. The molecule has 1 aliphatic carbocycles. The monoisotopic (exact) mass is 198 g/mol. The molecule has 1 fully saturated rings. The third-order valence-corrected chi connectivity index (χ3v) is 3.10. The molecule has 0 N–H and O–H groups in total. The highest BCUT2D eigenvalue weighted by atomic mass is 14.2. The first-order valence-electron chi connectivity index (χ1n) is 5.69. The van der Waals surface area contributed by atoms with Crippen LogP contribution in [0.3, 0.4) is 0 Å². The molecule has 0 amide bonds. The maximum absolute atomic E-state index is 4.16. The Balaban J connectivity index is 2.22. The molecule has 1 aromatic carbocycles. The molecular weight excluding hydrogens is 180 g/mol. The Kier molecular flexibility index (Phi) is 3.05. The van der Waals surface area contributed by atoms with E-state index in [2.05, 4.69) is 49.9 Å². The second kappa shape index (κ2) is 4.48. The molecule has 0 aliphatic heterocycles. The fourth-order valence-corrected chi connectivity index (χ4v) is 2.11. The van der Waals surface area contributed by atoms with Crippen LogP contribution in [0.25, 0.3) is 6.08 Å². The summed E-state index contributed by atoms with van der Waals surface area (Å²) in [4.78, 5) is 0. The van der Waals surface area contributed by atoms with Crippen LogP contribution in [-0.4, -0.2) is 0 Å². The highest BCUT2D eigenvalue weighted by Gasteiger charge is 2.15. The van der Waals surface area contributed by atoms with Gasteiger partial charge in [-0.25, -0.2) is 0 Å². The average Bonchev–Trinajstić information content (AvgIpc) is 2.25. The van der Waals surface area contributed by atoms with Gasteiger partial charge in [-0.15, -0.1) is 0 Å². The van der Waals surface area contributed by atoms with Crippen molar-refractivity contribution in [1.29, 1.82) is 0 Å². The molecule has 0 bridgehead atoms. The van der Waals surface area contributed by atoms with Gasteiger partial charge in [-0.1, -0.05) is 55.5 Å². The molecule has 1 atom stereocenters. The molecule has 2 rings (SSSR count). The van der Waals surface area contributed by atoms with Gasteiger partial charge in [0.15, 0.2) is 0 Å². The lowest BCUT2D eigenvalue weighted by atomic mass is 9.83. The third kappa shape index (κ3) is 2.59. The molecule has 0 heterocycles. The predicted octanol–water partition coefficient (Wildman–Crippen LogP) is 4.45. The standard InChI is InChI=1S/C15H18/c1-12-8-9-13(2)15(10-12)11-14-6-4-3-5-7-14/h3-7,11-12H,2,8-10H2,1H3/b15-11+. The highest BCUT2D eigenvalue weighted by molar-refractivity contribution is 5.58. The Labute approximate surface area is 92.3 Å². The van der Waals surface area contributed by atoms with Gasteiger partial charge in [0.1, 0.15) is 0 Å². The van der Waals surface area contributed by atoms with Crippen molar-refractivity contribution in [2.24, 2.45) is 5.92 Å². The van der Waals surface area contributed by atoms with Crippen molar-refractivity contribution < 1.29 is 0 Å². The minimum absolute atomic E-state index is 0.811. The summed E-state index contributed by atoms with van der Waals surface area (Å²) in [6.07, 6.45) is 5.94. The van der Waals surface area contributed by atoms with E-state index in [0.29, 0.717) is 0 Å². The first-order chi connectivity index (χ1) is 7.25. The predicted molar refractivity (Wildman–Crippen MR) is 66.6 cm³/mol. The van der Waals surface area contributed by atoms with E-state index in [0.717, 1.165) is 5.92 Å². The van der Waals surface area contributed by atoms with Crippen molar-refractivity contribution in [1.82, 2.24) is 0 Å². The van der Waals surface area contributed by atoms with Crippen LogP contribution in [-0.2, 0) is 0 Å². The van der Waals surface area contributed by atoms with Gasteiger partial charge in [0.25, 0.3) is 0 Å². The molecule has 1 unspecified atom stereocenters. The molecule has 1 aliphatic rings. The molecular formula is C15H18. The van der Waals surface area contributed by atoms with Crippen molar-refractivity contribution in [2.45, 2.75) is 26.2 Å². The SMILES string of the molecule is C=C1CCC(C)C/C1=C\c1ccccc1. The molecule has 0 saturated heterocycles. The normalized spacial score (nSPS) is 24.5. The van der Waals surface area contributed by atoms with Gasteiger partial charge in [0, 0.05) is 0 Å². The molecule has 1 aromatic rings. The third-order valence-electron chi connectivity index (χ3n) is 3.10. The Morgan fingerprint density at radius 3 is 2.73 bits per heavy atom. The minimum Gasteiger partial charge on any atom is -0.0956 e. The topological polar surface area (TPSA) is 0 Å². The Hall–Kier alpha value is -1.30. The molecule has 15 heavy (non-hydrogen) atoms. The van der Waals surface area contributed by atoms with E-state index < -0.39 is 0 Å². The number of hydrogen-bond donors (Lipinski definition) is 0. The van der Waals surface area contributed by atoms with Crippen LogP contribution in [0.1, 0.15) is 31.7 Å². The molecule has 0 nitrogen and oxygen atoms in total. The Morgan fingerprint density at radius 2 is 2.00 bits per heavy atom. The summed E-state index contributed by atoms with van der Waals surface area (Å²) >= 11 is 0. The lowest BCUT2D eigenvalue weighted by Crippen LogP contribution is -2.06. The first-order valence-corrected chi connectivity index (χ1v) is 5.69. The van der Waals surface area contributed by atoms with Crippen LogP contribution >= 0.6 is 0 Å². The summed E-state index contributed by atoms with van der Waals surface area (Å²) in [5, 5.41) is 0. The van der Waals surface area contributed by atoms with Crippen LogP contribution in [0, 0.1) is 5.92 Å². The van der Waals surface area contributed by atoms with Crippen molar-refractivity contribution in [3.63, 3.8) is 0 Å². The van der Waals surface area contributed by atoms with Crippen LogP contribution in [0.15, 0.2) is 48.1 Å². The van der Waals surface area contributed by atoms with Crippen molar-refractivity contribution >= 4 is 6.08 Å². The van der Waals surface area contributed by atoms with Gasteiger partial charge >= 0.3 is 0 Å². The molecule has 0 heteroatoms. The van der Waals surface area contributed by atoms with E-state index in [1.165, 1.54) is 36.0 Å². The second-order valence-electron chi connectivity index (χ2n) is 4.53. The van der Waals surface area contributed by atoms with Crippen LogP contribution < -0.4 is 0 Å². The van der Waals surface area contributed by atoms with Crippen LogP contribution in [0.5, 0.6) is 0 Å². The zero-order chi connectivity index (χ0) is 10.7. The summed E-state index contributed by atoms with van der Waals surface area (Å²) in [6.45, 7) is 6.48. The molecule has 1 saturated carbocycles. The molecule has 78 valence electrons. The number of hydrogen-bond acceptors (Lipinski definition) is 0. The van der Waals surface area contributed by atoms with E-state index >= 15 is 0 Å². The summed E-state index contributed by atoms with van der Waals surface area (Å²) in [6, 6.07) is 10.5. The smallest absolute Gasteiger partial charge is 0.0250 e. The van der Waals surface area contributed by atoms with E-state index in [1.807, 2.05) is 0 Å². The Bertz CT molecular complexity index is 370. The Morgan fingerprint density at radius 1 is 1.27 bits per heavy atom. The molecule has 0 spiro atoms. The van der Waals surface area contributed by atoms with Gasteiger partial charge in [-0.2, -0.15) is 0 Å². The van der Waals surface area contributed by atoms with Gasteiger partial charge in [-0.05, 0) is 36.3 Å². The van der Waals surface area contributed by atoms with E-state index in [1.54, 1.807) is 0 Å². The van der Waals surface area contributed by atoms with Gasteiger partial charge < -0.3 is 0 Å². The summed E-state index contributed by atoms with van der Waals surface area (Å²) in [7, 11) is 0. The minimum atomic E-state index is 0.811. The largest absolute Gasteiger partial charge is 0.0956 e. The van der Waals surface area contributed by atoms with E-state index in [-0.39, 0.29) is 0 Å². The van der Waals surface area contributed by atoms with E-state index in [4.69, 9.17) is 0 Å². The van der Waals surface area contributed by atoms with Crippen LogP contribution in [0.2, 0.25) is 0 Å². The van der Waals surface area contributed by atoms with Gasteiger partial charge in [-0.3, -0.25) is 0 Å². The van der Waals surface area contributed by atoms with Crippen molar-refractivity contribution in [3.8, 4) is 0 Å². The highest BCUT2D eigenvalue weighted by Crippen LogP contribution is 2.32. The lowest BCUT2D eigenvalue weighted by molar-refractivity contribution is 0.500. The molecule has 0 aromatic heterocycles. The summed E-state index contributed by atoms with van der Waals surface area (Å²) in [5.41, 5.74) is 4.07. The number of allylic oxidation sites excluding steroid dienone is 2. The van der Waals surface area contributed by atoms with E-state index in [9.17, 15) is 0 Å². The van der Waals surface area contributed by atoms with Crippen LogP contribution in [0.4, 0.5) is 0 Å². The molecule has 0 radical (unpaired) electrons. The summed E-state index contributed by atoms with van der Waals surface area (Å²) in [5.74, 6) is 0.811. The lowest BCUT2D eigenvalue weighted by Gasteiger charge is -2.22. The van der Waals surface area contributed by atoms with Crippen molar-refractivity contribution in [2.75, 3.05) is 0 Å². The van der Waals surface area contributed by atoms with Gasteiger partial charge in [0.2, 0.25) is 0 Å². The van der Waals surface area contributed by atoms with Gasteiger partial charge in [0.05, 0.1) is 0 Å². The number of rotatable bonds is 1. The fourth-order valence-electron chi connectivity index (χ4n) is 2.11.